The molecule has 0 saturated carbocycles. The van der Waals surface area contributed by atoms with E-state index in [4.69, 9.17) is 0 Å². The van der Waals surface area contributed by atoms with E-state index in [0.717, 1.165) is 6.54 Å². The summed E-state index contributed by atoms with van der Waals surface area (Å²) in [6, 6.07) is 6.67. The first-order chi connectivity index (χ1) is 8.07. The molecule has 0 aliphatic rings. The van der Waals surface area contributed by atoms with Gasteiger partial charge in [-0.1, -0.05) is 58.0 Å². The lowest BCUT2D eigenvalue weighted by molar-refractivity contribution is 0.828. The average Bonchev–Trinajstić information content (AvgIpc) is 2.28. The fourth-order valence-corrected chi connectivity index (χ4v) is 2.10. The number of likely N-dealkylation sites (N-methyl/N-ethyl adjacent to an activating group) is 1. The second-order valence-corrected chi connectivity index (χ2v) is 5.12. The third-order valence-corrected chi connectivity index (χ3v) is 3.02. The molecule has 1 rings (SSSR count). The van der Waals surface area contributed by atoms with Crippen LogP contribution in [-0.2, 0) is 0 Å². The van der Waals surface area contributed by atoms with Crippen molar-refractivity contribution in [3.63, 3.8) is 0 Å². The molecular formula is C16H25N. The molecule has 1 heteroatoms. The van der Waals surface area contributed by atoms with Crippen LogP contribution in [0.4, 0.5) is 0 Å². The highest BCUT2D eigenvalue weighted by Gasteiger charge is 2.10. The lowest BCUT2D eigenvalue weighted by Crippen LogP contribution is -2.04. The molecule has 0 bridgehead atoms. The molecule has 1 aromatic rings. The van der Waals surface area contributed by atoms with Crippen LogP contribution in [0.15, 0.2) is 24.3 Å². The Labute approximate surface area is 106 Å². The van der Waals surface area contributed by atoms with E-state index in [-0.39, 0.29) is 0 Å². The molecule has 94 valence electrons. The summed E-state index contributed by atoms with van der Waals surface area (Å²) in [7, 11) is 1.97. The van der Waals surface area contributed by atoms with Gasteiger partial charge < -0.3 is 5.32 Å². The molecular weight excluding hydrogens is 206 g/mol. The summed E-state index contributed by atoms with van der Waals surface area (Å²) in [4.78, 5) is 0. The Morgan fingerprint density at radius 3 is 2.00 bits per heavy atom. The largest absolute Gasteiger partial charge is 0.316 e. The van der Waals surface area contributed by atoms with E-state index in [2.05, 4.69) is 63.4 Å². The highest BCUT2D eigenvalue weighted by molar-refractivity contribution is 5.60. The number of nitrogens with one attached hydrogen (secondary N) is 1. The van der Waals surface area contributed by atoms with Gasteiger partial charge >= 0.3 is 0 Å². The van der Waals surface area contributed by atoms with Crippen LogP contribution in [0.25, 0.3) is 6.08 Å². The van der Waals surface area contributed by atoms with E-state index < -0.39 is 0 Å². The van der Waals surface area contributed by atoms with Gasteiger partial charge in [0.05, 0.1) is 0 Å². The van der Waals surface area contributed by atoms with Crippen molar-refractivity contribution in [2.24, 2.45) is 0 Å². The number of rotatable bonds is 5. The minimum absolute atomic E-state index is 0.572. The molecule has 0 aromatic heterocycles. The molecule has 17 heavy (non-hydrogen) atoms. The van der Waals surface area contributed by atoms with Gasteiger partial charge in [0.25, 0.3) is 0 Å². The van der Waals surface area contributed by atoms with E-state index >= 15 is 0 Å². The zero-order valence-corrected chi connectivity index (χ0v) is 11.7. The van der Waals surface area contributed by atoms with Gasteiger partial charge in [0.2, 0.25) is 0 Å². The molecule has 1 nitrogen and oxygen atoms in total. The molecule has 0 unspecified atom stereocenters. The minimum Gasteiger partial charge on any atom is -0.316 e. The first-order valence-corrected chi connectivity index (χ1v) is 6.51. The SMILES string of the molecule is CNCC=Cc1c(C(C)C)cccc1C(C)C. The molecule has 0 aliphatic heterocycles. The smallest absolute Gasteiger partial charge is 0.0135 e. The van der Waals surface area contributed by atoms with Crippen LogP contribution < -0.4 is 5.32 Å². The lowest BCUT2D eigenvalue weighted by atomic mass is 9.88. The zero-order valence-electron chi connectivity index (χ0n) is 11.7. The zero-order chi connectivity index (χ0) is 12.8. The summed E-state index contributed by atoms with van der Waals surface area (Å²) in [6.45, 7) is 9.96. The van der Waals surface area contributed by atoms with Gasteiger partial charge in [-0.25, -0.2) is 0 Å². The van der Waals surface area contributed by atoms with Gasteiger partial charge in [0, 0.05) is 6.54 Å². The van der Waals surface area contributed by atoms with Crippen LogP contribution in [0.3, 0.4) is 0 Å². The number of benzene rings is 1. The molecule has 0 atom stereocenters. The van der Waals surface area contributed by atoms with Crippen molar-refractivity contribution in [2.45, 2.75) is 39.5 Å². The van der Waals surface area contributed by atoms with Crippen molar-refractivity contribution in [3.05, 3.63) is 41.0 Å². The molecule has 0 amide bonds. The van der Waals surface area contributed by atoms with Crippen LogP contribution in [0.2, 0.25) is 0 Å². The Balaban J connectivity index is 3.19. The summed E-state index contributed by atoms with van der Waals surface area (Å²) in [5.41, 5.74) is 4.31. The lowest BCUT2D eigenvalue weighted by Gasteiger charge is -2.17. The quantitative estimate of drug-likeness (QED) is 0.802. The summed E-state index contributed by atoms with van der Waals surface area (Å²) in [6.07, 6.45) is 4.47. The van der Waals surface area contributed by atoms with E-state index in [1.807, 2.05) is 7.05 Å². The van der Waals surface area contributed by atoms with Crippen molar-refractivity contribution >= 4 is 6.08 Å². The van der Waals surface area contributed by atoms with Gasteiger partial charge in [0.15, 0.2) is 0 Å². The normalized spacial score (nSPS) is 11.9. The second kappa shape index (κ2) is 6.61. The maximum absolute atomic E-state index is 3.15. The van der Waals surface area contributed by atoms with Gasteiger partial charge in [-0.05, 0) is 35.6 Å². The highest BCUT2D eigenvalue weighted by atomic mass is 14.8. The van der Waals surface area contributed by atoms with Gasteiger partial charge in [-0.2, -0.15) is 0 Å². The predicted octanol–water partition coefficient (Wildman–Crippen LogP) is 4.17. The van der Waals surface area contributed by atoms with Crippen molar-refractivity contribution in [1.82, 2.24) is 5.32 Å². The summed E-state index contributed by atoms with van der Waals surface area (Å²) >= 11 is 0. The third-order valence-electron chi connectivity index (χ3n) is 3.02. The molecule has 0 aliphatic carbocycles. The van der Waals surface area contributed by atoms with Crippen molar-refractivity contribution in [3.8, 4) is 0 Å². The first kappa shape index (κ1) is 14.0. The van der Waals surface area contributed by atoms with E-state index in [1.165, 1.54) is 16.7 Å². The van der Waals surface area contributed by atoms with Crippen LogP contribution in [-0.4, -0.2) is 13.6 Å². The topological polar surface area (TPSA) is 12.0 Å². The van der Waals surface area contributed by atoms with Gasteiger partial charge in [0.1, 0.15) is 0 Å². The number of hydrogen-bond donors (Lipinski definition) is 1. The summed E-state index contributed by atoms with van der Waals surface area (Å²) in [5, 5.41) is 3.15. The second-order valence-electron chi connectivity index (χ2n) is 5.12. The fourth-order valence-electron chi connectivity index (χ4n) is 2.10. The van der Waals surface area contributed by atoms with Crippen LogP contribution in [0, 0.1) is 0 Å². The molecule has 0 radical (unpaired) electrons. The van der Waals surface area contributed by atoms with Crippen LogP contribution in [0.5, 0.6) is 0 Å². The average molecular weight is 231 g/mol. The summed E-state index contributed by atoms with van der Waals surface area (Å²) in [5.74, 6) is 1.14. The monoisotopic (exact) mass is 231 g/mol. The maximum Gasteiger partial charge on any atom is 0.0135 e. The maximum atomic E-state index is 3.15. The Morgan fingerprint density at radius 1 is 1.06 bits per heavy atom. The van der Waals surface area contributed by atoms with Gasteiger partial charge in [-0.15, -0.1) is 0 Å². The van der Waals surface area contributed by atoms with E-state index in [1.54, 1.807) is 0 Å². The van der Waals surface area contributed by atoms with E-state index in [0.29, 0.717) is 11.8 Å². The Kier molecular flexibility index (Phi) is 5.43. The predicted molar refractivity (Wildman–Crippen MR) is 77.6 cm³/mol. The van der Waals surface area contributed by atoms with Crippen LogP contribution >= 0.6 is 0 Å². The Morgan fingerprint density at radius 2 is 1.59 bits per heavy atom. The van der Waals surface area contributed by atoms with E-state index in [9.17, 15) is 0 Å². The molecule has 0 saturated heterocycles. The fraction of sp³-hybridized carbons (Fsp3) is 0.500. The van der Waals surface area contributed by atoms with Crippen molar-refractivity contribution < 1.29 is 0 Å². The van der Waals surface area contributed by atoms with Crippen molar-refractivity contribution in [2.75, 3.05) is 13.6 Å². The summed E-state index contributed by atoms with van der Waals surface area (Å²) < 4.78 is 0. The van der Waals surface area contributed by atoms with Crippen LogP contribution in [0.1, 0.15) is 56.2 Å². The van der Waals surface area contributed by atoms with Gasteiger partial charge in [-0.3, -0.25) is 0 Å². The molecule has 1 aromatic carbocycles. The molecule has 0 fully saturated rings. The molecule has 0 heterocycles. The minimum atomic E-state index is 0.572. The molecule has 0 spiro atoms. The number of hydrogen-bond acceptors (Lipinski definition) is 1. The first-order valence-electron chi connectivity index (χ1n) is 6.51. The highest BCUT2D eigenvalue weighted by Crippen LogP contribution is 2.28. The standard InChI is InChI=1S/C16H25N/c1-12(2)14-8-6-9-15(13(3)4)16(14)10-7-11-17-5/h6-10,12-13,17H,11H2,1-5H3. The molecule has 1 N–H and O–H groups in total. The third kappa shape index (κ3) is 3.71. The van der Waals surface area contributed by atoms with Crippen molar-refractivity contribution in [1.29, 1.82) is 0 Å². The Bertz CT molecular complexity index is 349. The Hall–Kier alpha value is -1.08.